The van der Waals surface area contributed by atoms with Crippen LogP contribution in [0.1, 0.15) is 29.9 Å². The highest BCUT2D eigenvalue weighted by Crippen LogP contribution is 2.44. The third-order valence-electron chi connectivity index (χ3n) is 4.63. The highest BCUT2D eigenvalue weighted by molar-refractivity contribution is 5.70. The summed E-state index contributed by atoms with van der Waals surface area (Å²) in [6.45, 7) is 2.86. The fourth-order valence-electron chi connectivity index (χ4n) is 3.49. The third kappa shape index (κ3) is 2.22. The molecule has 3 fully saturated rings. The Morgan fingerprint density at radius 3 is 2.25 bits per heavy atom. The summed E-state index contributed by atoms with van der Waals surface area (Å²) in [5, 5.41) is 0. The maximum absolute atomic E-state index is 12.9. The van der Waals surface area contributed by atoms with Crippen LogP contribution in [0.25, 0.3) is 0 Å². The Balaban J connectivity index is 2.02. The Morgan fingerprint density at radius 1 is 1.10 bits per heavy atom. The number of halogens is 3. The van der Waals surface area contributed by atoms with Gasteiger partial charge in [-0.2, -0.15) is 13.2 Å². The molecular formula is C14H18F3N3. The van der Waals surface area contributed by atoms with Gasteiger partial charge in [0.05, 0.1) is 16.9 Å². The molecule has 3 heterocycles. The van der Waals surface area contributed by atoms with Crippen molar-refractivity contribution in [2.24, 2.45) is 5.92 Å². The second-order valence-corrected chi connectivity index (χ2v) is 5.81. The van der Waals surface area contributed by atoms with Crippen LogP contribution in [-0.4, -0.2) is 24.5 Å². The minimum absolute atomic E-state index is 0.0336. The molecule has 20 heavy (non-hydrogen) atoms. The van der Waals surface area contributed by atoms with Crippen molar-refractivity contribution in [3.05, 3.63) is 23.3 Å². The largest absolute Gasteiger partial charge is 0.416 e. The molecule has 1 atom stereocenters. The highest BCUT2D eigenvalue weighted by Gasteiger charge is 2.38. The van der Waals surface area contributed by atoms with Gasteiger partial charge in [-0.15, -0.1) is 0 Å². The van der Waals surface area contributed by atoms with Crippen molar-refractivity contribution in [2.45, 2.75) is 24.9 Å². The van der Waals surface area contributed by atoms with E-state index in [-0.39, 0.29) is 11.6 Å². The van der Waals surface area contributed by atoms with Crippen LogP contribution in [-0.2, 0) is 6.18 Å². The number of hydrogen-bond donors (Lipinski definition) is 2. The summed E-state index contributed by atoms with van der Waals surface area (Å²) in [7, 11) is 0. The summed E-state index contributed by atoms with van der Waals surface area (Å²) >= 11 is 0. The van der Waals surface area contributed by atoms with Crippen molar-refractivity contribution < 1.29 is 13.2 Å². The number of benzene rings is 1. The number of hydrogen-bond acceptors (Lipinski definition) is 3. The van der Waals surface area contributed by atoms with Crippen LogP contribution in [0.4, 0.5) is 24.5 Å². The Kier molecular flexibility index (Phi) is 3.08. The van der Waals surface area contributed by atoms with Crippen LogP contribution in [0.15, 0.2) is 12.1 Å². The van der Waals surface area contributed by atoms with Gasteiger partial charge in [-0.3, -0.25) is 0 Å². The van der Waals surface area contributed by atoms with Crippen LogP contribution in [0.2, 0.25) is 0 Å². The van der Waals surface area contributed by atoms with E-state index in [1.165, 1.54) is 6.07 Å². The summed E-state index contributed by atoms with van der Waals surface area (Å²) in [5.41, 5.74) is 11.9. The van der Waals surface area contributed by atoms with Gasteiger partial charge in [0.2, 0.25) is 0 Å². The van der Waals surface area contributed by atoms with E-state index in [4.69, 9.17) is 11.5 Å². The zero-order valence-corrected chi connectivity index (χ0v) is 11.1. The number of fused-ring (bicyclic) bond motifs is 3. The zero-order valence-electron chi connectivity index (χ0n) is 11.1. The van der Waals surface area contributed by atoms with Gasteiger partial charge in [0.1, 0.15) is 0 Å². The van der Waals surface area contributed by atoms with E-state index < -0.39 is 11.7 Å². The molecule has 0 aromatic heterocycles. The van der Waals surface area contributed by atoms with E-state index in [1.807, 2.05) is 0 Å². The Bertz CT molecular complexity index is 519. The van der Waals surface area contributed by atoms with Gasteiger partial charge in [-0.05, 0) is 49.5 Å². The summed E-state index contributed by atoms with van der Waals surface area (Å²) in [6.07, 6.45) is -2.33. The number of alkyl halides is 3. The lowest BCUT2D eigenvalue weighted by Crippen LogP contribution is -2.46. The first kappa shape index (κ1) is 13.5. The SMILES string of the molecule is Nc1cc(C(F)(F)F)cc(C2CN3CCC2CC3)c1N. The van der Waals surface area contributed by atoms with E-state index in [1.54, 1.807) is 0 Å². The molecule has 1 aromatic rings. The van der Waals surface area contributed by atoms with E-state index in [9.17, 15) is 13.2 Å². The average Bonchev–Trinajstić information content (AvgIpc) is 2.41. The molecule has 0 saturated carbocycles. The molecule has 0 amide bonds. The molecule has 1 aromatic carbocycles. The minimum Gasteiger partial charge on any atom is -0.397 e. The van der Waals surface area contributed by atoms with Crippen LogP contribution in [0.5, 0.6) is 0 Å². The van der Waals surface area contributed by atoms with Gasteiger partial charge in [0.25, 0.3) is 0 Å². The first-order valence-corrected chi connectivity index (χ1v) is 6.84. The molecule has 1 unspecified atom stereocenters. The first-order valence-electron chi connectivity index (χ1n) is 6.84. The Labute approximate surface area is 115 Å². The summed E-state index contributed by atoms with van der Waals surface area (Å²) in [5.74, 6) is 0.493. The van der Waals surface area contributed by atoms with Gasteiger partial charge in [-0.25, -0.2) is 0 Å². The number of nitrogens with zero attached hydrogens (tertiary/aromatic N) is 1. The van der Waals surface area contributed by atoms with Gasteiger partial charge in [0.15, 0.2) is 0 Å². The van der Waals surface area contributed by atoms with Crippen molar-refractivity contribution in [1.29, 1.82) is 0 Å². The van der Waals surface area contributed by atoms with Gasteiger partial charge < -0.3 is 16.4 Å². The van der Waals surface area contributed by atoms with Crippen LogP contribution >= 0.6 is 0 Å². The number of anilines is 2. The Hall–Kier alpha value is -1.43. The lowest BCUT2D eigenvalue weighted by atomic mass is 9.74. The lowest BCUT2D eigenvalue weighted by molar-refractivity contribution is -0.137. The van der Waals surface area contributed by atoms with Crippen molar-refractivity contribution in [3.63, 3.8) is 0 Å². The molecular weight excluding hydrogens is 267 g/mol. The van der Waals surface area contributed by atoms with Crippen molar-refractivity contribution >= 4 is 11.4 Å². The fourth-order valence-corrected chi connectivity index (χ4v) is 3.49. The van der Waals surface area contributed by atoms with Crippen molar-refractivity contribution in [1.82, 2.24) is 4.90 Å². The maximum atomic E-state index is 12.9. The van der Waals surface area contributed by atoms with Crippen molar-refractivity contribution in [2.75, 3.05) is 31.1 Å². The standard InChI is InChI=1S/C14H18F3N3/c15-14(16,17)9-5-10(13(19)12(18)6-9)11-7-20-3-1-8(11)2-4-20/h5-6,8,11H,1-4,7,18-19H2. The fraction of sp³-hybridized carbons (Fsp3) is 0.571. The second-order valence-electron chi connectivity index (χ2n) is 5.81. The number of nitrogen functional groups attached to an aromatic ring is 2. The molecule has 3 saturated heterocycles. The smallest absolute Gasteiger partial charge is 0.397 e. The quantitative estimate of drug-likeness (QED) is 0.780. The van der Waals surface area contributed by atoms with Crippen LogP contribution in [0, 0.1) is 5.92 Å². The molecule has 6 heteroatoms. The van der Waals surface area contributed by atoms with E-state index in [0.717, 1.165) is 38.5 Å². The third-order valence-corrected chi connectivity index (χ3v) is 4.63. The summed E-state index contributed by atoms with van der Waals surface area (Å²) in [4.78, 5) is 2.29. The normalized spacial score (nSPS) is 29.6. The topological polar surface area (TPSA) is 55.3 Å². The van der Waals surface area contributed by atoms with Crippen LogP contribution < -0.4 is 11.5 Å². The minimum atomic E-state index is -4.38. The molecule has 0 spiro atoms. The lowest BCUT2D eigenvalue weighted by Gasteiger charge is -2.45. The molecule has 2 bridgehead atoms. The molecule has 0 radical (unpaired) electrons. The number of piperidine rings is 3. The molecule has 3 nitrogen and oxygen atoms in total. The second kappa shape index (κ2) is 4.55. The molecule has 110 valence electrons. The molecule has 3 aliphatic rings. The molecule has 3 aliphatic heterocycles. The van der Waals surface area contributed by atoms with E-state index in [2.05, 4.69) is 4.90 Å². The van der Waals surface area contributed by atoms with Gasteiger partial charge in [0, 0.05) is 12.5 Å². The van der Waals surface area contributed by atoms with Gasteiger partial charge >= 0.3 is 6.18 Å². The molecule has 4 N–H and O–H groups in total. The van der Waals surface area contributed by atoms with E-state index >= 15 is 0 Å². The Morgan fingerprint density at radius 2 is 1.75 bits per heavy atom. The van der Waals surface area contributed by atoms with Gasteiger partial charge in [-0.1, -0.05) is 0 Å². The number of rotatable bonds is 1. The number of nitrogens with two attached hydrogens (primary N) is 2. The average molecular weight is 285 g/mol. The highest BCUT2D eigenvalue weighted by atomic mass is 19.4. The monoisotopic (exact) mass is 285 g/mol. The van der Waals surface area contributed by atoms with Crippen LogP contribution in [0.3, 0.4) is 0 Å². The predicted molar refractivity (Wildman–Crippen MR) is 72.2 cm³/mol. The zero-order chi connectivity index (χ0) is 14.5. The summed E-state index contributed by atoms with van der Waals surface area (Å²) in [6, 6.07) is 2.12. The van der Waals surface area contributed by atoms with E-state index in [0.29, 0.717) is 17.2 Å². The summed E-state index contributed by atoms with van der Waals surface area (Å²) < 4.78 is 38.8. The molecule has 4 rings (SSSR count). The van der Waals surface area contributed by atoms with Crippen molar-refractivity contribution in [3.8, 4) is 0 Å². The first-order chi connectivity index (χ1) is 9.36. The predicted octanol–water partition coefficient (Wildman–Crippen LogP) is 2.68. The maximum Gasteiger partial charge on any atom is 0.416 e. The molecule has 0 aliphatic carbocycles.